The molecule has 5 heteroatoms. The first-order valence-electron chi connectivity index (χ1n) is 3.21. The first-order chi connectivity index (χ1) is 6.06. The minimum atomic E-state index is -0.537. The zero-order valence-electron chi connectivity index (χ0n) is 6.44. The van der Waals surface area contributed by atoms with Crippen molar-refractivity contribution in [3.8, 4) is 0 Å². The van der Waals surface area contributed by atoms with Gasteiger partial charge in [0.1, 0.15) is 11.6 Å². The van der Waals surface area contributed by atoms with Gasteiger partial charge in [-0.3, -0.25) is 4.79 Å². The molecule has 0 spiro atoms. The van der Waals surface area contributed by atoms with Crippen LogP contribution in [0.3, 0.4) is 0 Å². The van der Waals surface area contributed by atoms with Gasteiger partial charge in [0.25, 0.3) is 0 Å². The highest BCUT2D eigenvalue weighted by Gasteiger charge is 1.88. The van der Waals surface area contributed by atoms with Gasteiger partial charge < -0.3 is 0 Å². The van der Waals surface area contributed by atoms with Crippen molar-refractivity contribution >= 4 is 28.4 Å². The summed E-state index contributed by atoms with van der Waals surface area (Å²) in [5.41, 5.74) is 0. The predicted molar refractivity (Wildman–Crippen MR) is 47.9 cm³/mol. The Kier molecular flexibility index (Phi) is 6.45. The number of benzene rings is 1. The molecule has 0 amide bonds. The molecule has 0 saturated heterocycles. The van der Waals surface area contributed by atoms with E-state index in [1.807, 2.05) is 0 Å². The number of rotatable bonds is 1. The molecule has 0 aliphatic heterocycles. The summed E-state index contributed by atoms with van der Waals surface area (Å²) in [5.74, 6) is -1.17. The van der Waals surface area contributed by atoms with Gasteiger partial charge in [-0.2, -0.15) is 0 Å². The maximum atomic E-state index is 11.9. The fourth-order valence-corrected chi connectivity index (χ4v) is 0.460. The van der Waals surface area contributed by atoms with Crippen molar-refractivity contribution in [2.24, 2.45) is 0 Å². The molecular formula is C8H6Cl2F2O. The number of carbonyl (C=O) groups excluding carboxylic acids is 1. The molecule has 0 heterocycles. The van der Waals surface area contributed by atoms with E-state index >= 15 is 0 Å². The number of hydrogen-bond donors (Lipinski definition) is 0. The van der Waals surface area contributed by atoms with E-state index in [2.05, 4.69) is 0 Å². The summed E-state index contributed by atoms with van der Waals surface area (Å²) in [6.07, 6.45) is 0. The quantitative estimate of drug-likeness (QED) is 0.532. The molecule has 0 aliphatic carbocycles. The van der Waals surface area contributed by atoms with Crippen LogP contribution in [0.1, 0.15) is 0 Å². The van der Waals surface area contributed by atoms with Crippen molar-refractivity contribution in [3.63, 3.8) is 0 Å². The summed E-state index contributed by atoms with van der Waals surface area (Å²) in [6.45, 7) is 0. The monoisotopic (exact) mass is 226 g/mol. The van der Waals surface area contributed by atoms with Crippen molar-refractivity contribution < 1.29 is 13.6 Å². The molecule has 0 saturated carbocycles. The van der Waals surface area contributed by atoms with Crippen molar-refractivity contribution in [1.82, 2.24) is 0 Å². The SMILES string of the molecule is Fc1cccc(F)c1.O=C(Cl)CCl. The van der Waals surface area contributed by atoms with Crippen LogP contribution in [-0.4, -0.2) is 11.1 Å². The predicted octanol–water partition coefficient (Wildman–Crippen LogP) is 2.96. The molecule has 0 aliphatic rings. The number of carbonyl (C=O) groups is 1. The van der Waals surface area contributed by atoms with Gasteiger partial charge in [-0.1, -0.05) is 6.07 Å². The molecule has 13 heavy (non-hydrogen) atoms. The molecule has 1 aromatic rings. The Labute approximate surface area is 84.3 Å². The van der Waals surface area contributed by atoms with E-state index in [0.29, 0.717) is 0 Å². The molecule has 0 radical (unpaired) electrons. The molecular weight excluding hydrogens is 221 g/mol. The summed E-state index contributed by atoms with van der Waals surface area (Å²) in [7, 11) is 0. The highest BCUT2D eigenvalue weighted by molar-refractivity contribution is 6.67. The van der Waals surface area contributed by atoms with E-state index in [1.54, 1.807) is 0 Å². The van der Waals surface area contributed by atoms with E-state index in [1.165, 1.54) is 18.2 Å². The largest absolute Gasteiger partial charge is 0.280 e. The maximum Gasteiger partial charge on any atom is 0.236 e. The van der Waals surface area contributed by atoms with Crippen LogP contribution < -0.4 is 0 Å². The first-order valence-corrected chi connectivity index (χ1v) is 4.13. The highest BCUT2D eigenvalue weighted by atomic mass is 35.5. The van der Waals surface area contributed by atoms with E-state index in [-0.39, 0.29) is 5.88 Å². The van der Waals surface area contributed by atoms with Crippen molar-refractivity contribution in [2.45, 2.75) is 0 Å². The molecule has 0 bridgehead atoms. The second kappa shape index (κ2) is 6.80. The number of hydrogen-bond acceptors (Lipinski definition) is 1. The van der Waals surface area contributed by atoms with Gasteiger partial charge >= 0.3 is 0 Å². The molecule has 0 atom stereocenters. The summed E-state index contributed by atoms with van der Waals surface area (Å²) in [4.78, 5) is 9.45. The zero-order chi connectivity index (χ0) is 10.3. The second-order valence-corrected chi connectivity index (χ2v) is 2.62. The van der Waals surface area contributed by atoms with Crippen molar-refractivity contribution in [3.05, 3.63) is 35.9 Å². The fourth-order valence-electron chi connectivity index (χ4n) is 0.460. The van der Waals surface area contributed by atoms with Gasteiger partial charge in [0.2, 0.25) is 5.24 Å². The fraction of sp³-hybridized carbons (Fsp3) is 0.125. The lowest BCUT2D eigenvalue weighted by Gasteiger charge is -1.84. The standard InChI is InChI=1S/C6H4F2.C2H2Cl2O/c7-5-2-1-3-6(8)4-5;3-1-2(4)5/h1-4H;1H2. The van der Waals surface area contributed by atoms with Crippen molar-refractivity contribution in [2.75, 3.05) is 5.88 Å². The third-order valence-corrected chi connectivity index (χ3v) is 1.40. The minimum absolute atomic E-state index is 0.0957. The molecule has 0 fully saturated rings. The topological polar surface area (TPSA) is 17.1 Å². The Hall–Kier alpha value is -0.670. The summed E-state index contributed by atoms with van der Waals surface area (Å²) >= 11 is 9.55. The lowest BCUT2D eigenvalue weighted by molar-refractivity contribution is -0.109. The van der Waals surface area contributed by atoms with Crippen LogP contribution in [0.15, 0.2) is 24.3 Å². The lowest BCUT2D eigenvalue weighted by Crippen LogP contribution is -1.81. The van der Waals surface area contributed by atoms with Crippen LogP contribution in [0.5, 0.6) is 0 Å². The molecule has 1 aromatic carbocycles. The molecule has 1 nitrogen and oxygen atoms in total. The zero-order valence-corrected chi connectivity index (χ0v) is 7.95. The first kappa shape index (κ1) is 12.3. The Morgan fingerprint density at radius 1 is 1.31 bits per heavy atom. The summed E-state index contributed by atoms with van der Waals surface area (Å²) in [6, 6.07) is 4.55. The average Bonchev–Trinajstić information content (AvgIpc) is 2.05. The molecule has 1 rings (SSSR count). The molecule has 0 N–H and O–H groups in total. The minimum Gasteiger partial charge on any atom is -0.280 e. The maximum absolute atomic E-state index is 11.9. The van der Waals surface area contributed by atoms with E-state index in [9.17, 15) is 13.6 Å². The average molecular weight is 227 g/mol. The van der Waals surface area contributed by atoms with Crippen LogP contribution in [0.2, 0.25) is 0 Å². The highest BCUT2D eigenvalue weighted by Crippen LogP contribution is 1.99. The molecule has 72 valence electrons. The Morgan fingerprint density at radius 3 is 1.85 bits per heavy atom. The van der Waals surface area contributed by atoms with E-state index < -0.39 is 16.9 Å². The van der Waals surface area contributed by atoms with Gasteiger partial charge in [0.15, 0.2) is 0 Å². The Morgan fingerprint density at radius 2 is 1.69 bits per heavy atom. The van der Waals surface area contributed by atoms with Crippen LogP contribution in [0, 0.1) is 11.6 Å². The van der Waals surface area contributed by atoms with Gasteiger partial charge in [0.05, 0.1) is 5.88 Å². The third-order valence-electron chi connectivity index (χ3n) is 0.892. The number of alkyl halides is 1. The Bertz CT molecular complexity index is 261. The van der Waals surface area contributed by atoms with Gasteiger partial charge in [-0.25, -0.2) is 8.78 Å². The smallest absolute Gasteiger partial charge is 0.236 e. The Balaban J connectivity index is 0.000000252. The van der Waals surface area contributed by atoms with E-state index in [4.69, 9.17) is 23.2 Å². The molecule has 0 unspecified atom stereocenters. The van der Waals surface area contributed by atoms with Crippen LogP contribution in [0.25, 0.3) is 0 Å². The van der Waals surface area contributed by atoms with Crippen LogP contribution >= 0.6 is 23.2 Å². The number of halogens is 4. The summed E-state index contributed by atoms with van der Waals surface area (Å²) < 4.78 is 23.9. The normalized spacial score (nSPS) is 8.62. The van der Waals surface area contributed by atoms with Gasteiger partial charge in [0, 0.05) is 6.07 Å². The third kappa shape index (κ3) is 7.68. The van der Waals surface area contributed by atoms with Gasteiger partial charge in [-0.05, 0) is 23.7 Å². The second-order valence-electron chi connectivity index (χ2n) is 1.93. The molecule has 0 aromatic heterocycles. The lowest BCUT2D eigenvalue weighted by atomic mass is 10.3. The van der Waals surface area contributed by atoms with Gasteiger partial charge in [-0.15, -0.1) is 11.6 Å². The summed E-state index contributed by atoms with van der Waals surface area (Å²) in [5, 5.41) is -0.508. The van der Waals surface area contributed by atoms with Crippen LogP contribution in [-0.2, 0) is 4.79 Å². The van der Waals surface area contributed by atoms with E-state index in [0.717, 1.165) is 6.07 Å². The van der Waals surface area contributed by atoms with Crippen LogP contribution in [0.4, 0.5) is 8.78 Å². The van der Waals surface area contributed by atoms with Crippen molar-refractivity contribution in [1.29, 1.82) is 0 Å².